The predicted octanol–water partition coefficient (Wildman–Crippen LogP) is 4.48. The van der Waals surface area contributed by atoms with Gasteiger partial charge >= 0.3 is 0 Å². The first kappa shape index (κ1) is 19.7. The van der Waals surface area contributed by atoms with Crippen molar-refractivity contribution in [3.05, 3.63) is 70.5 Å². The Bertz CT molecular complexity index is 976. The minimum atomic E-state index is -0.468. The van der Waals surface area contributed by atoms with E-state index in [0.29, 0.717) is 6.42 Å². The summed E-state index contributed by atoms with van der Waals surface area (Å²) in [6, 6.07) is 11.7. The van der Waals surface area contributed by atoms with Gasteiger partial charge in [0.15, 0.2) is 0 Å². The van der Waals surface area contributed by atoms with E-state index in [2.05, 4.69) is 4.98 Å². The van der Waals surface area contributed by atoms with Crippen LogP contribution < -0.4 is 0 Å². The van der Waals surface area contributed by atoms with Gasteiger partial charge in [-0.05, 0) is 49.4 Å². The van der Waals surface area contributed by atoms with Crippen LogP contribution in [0.15, 0.2) is 48.0 Å². The second kappa shape index (κ2) is 8.84. The molecule has 3 aromatic rings. The van der Waals surface area contributed by atoms with Gasteiger partial charge in [0.25, 0.3) is 5.91 Å². The lowest BCUT2D eigenvalue weighted by Gasteiger charge is -2.26. The third-order valence-corrected chi connectivity index (χ3v) is 6.22. The average Bonchev–Trinajstić information content (AvgIpc) is 3.25. The smallest absolute Gasteiger partial charge is 0.254 e. The van der Waals surface area contributed by atoms with E-state index in [1.54, 1.807) is 24.5 Å². The number of aliphatic hydroxyl groups excluding tert-OH is 1. The molecule has 1 amide bonds. The van der Waals surface area contributed by atoms with Crippen molar-refractivity contribution >= 4 is 17.2 Å². The van der Waals surface area contributed by atoms with E-state index in [1.165, 1.54) is 6.42 Å². The molecule has 5 nitrogen and oxygen atoms in total. The molecule has 6 heteroatoms. The lowest BCUT2D eigenvalue weighted by molar-refractivity contribution is 0.0725. The second-order valence-electron chi connectivity index (χ2n) is 7.50. The van der Waals surface area contributed by atoms with Gasteiger partial charge in [-0.3, -0.25) is 4.79 Å². The van der Waals surface area contributed by atoms with Crippen LogP contribution in [-0.4, -0.2) is 39.0 Å². The summed E-state index contributed by atoms with van der Waals surface area (Å²) in [6.07, 6.45) is 5.33. The highest BCUT2D eigenvalue weighted by Crippen LogP contribution is 2.27. The van der Waals surface area contributed by atoms with Gasteiger partial charge in [0.2, 0.25) is 0 Å². The fraction of sp³-hybridized carbons (Fsp3) is 0.348. The summed E-state index contributed by atoms with van der Waals surface area (Å²) >= 11 is 1.55. The number of nitrogens with zero attached hydrogens (tertiary/aromatic N) is 3. The largest absolute Gasteiger partial charge is 0.389 e. The van der Waals surface area contributed by atoms with Gasteiger partial charge in [-0.15, -0.1) is 11.3 Å². The standard InChI is InChI=1S/C23H25N3O2S/c1-16(27)18-7-5-17(6-8-18)13-22-24-10-9-20(25-22)21-14-19(15-29-21)23(28)26-11-3-2-4-12-26/h5-10,14-16,27H,2-4,11-13H2,1H3. The van der Waals surface area contributed by atoms with Crippen molar-refractivity contribution in [2.45, 2.75) is 38.7 Å². The summed E-state index contributed by atoms with van der Waals surface area (Å²) in [5, 5.41) is 11.6. The molecule has 1 saturated heterocycles. The number of aromatic nitrogens is 2. The second-order valence-corrected chi connectivity index (χ2v) is 8.42. The Balaban J connectivity index is 1.48. The molecule has 1 aliphatic heterocycles. The molecular weight excluding hydrogens is 382 g/mol. The molecule has 1 aliphatic rings. The van der Waals surface area contributed by atoms with Crippen molar-refractivity contribution < 1.29 is 9.90 Å². The Morgan fingerprint density at radius 2 is 1.93 bits per heavy atom. The SMILES string of the molecule is CC(O)c1ccc(Cc2nccc(-c3cc(C(=O)N4CCCCC4)cs3)n2)cc1. The Hall–Kier alpha value is -2.57. The third kappa shape index (κ3) is 4.71. The molecule has 2 aromatic heterocycles. The Kier molecular flexibility index (Phi) is 6.02. The van der Waals surface area contributed by atoms with Crippen LogP contribution in [-0.2, 0) is 6.42 Å². The van der Waals surface area contributed by atoms with Crippen LogP contribution in [0.1, 0.15) is 59.6 Å². The number of amides is 1. The number of benzene rings is 1. The molecule has 1 N–H and O–H groups in total. The van der Waals surface area contributed by atoms with Crippen molar-refractivity contribution in [1.82, 2.24) is 14.9 Å². The van der Waals surface area contributed by atoms with Crippen LogP contribution in [0.25, 0.3) is 10.6 Å². The maximum Gasteiger partial charge on any atom is 0.254 e. The first-order valence-corrected chi connectivity index (χ1v) is 10.9. The highest BCUT2D eigenvalue weighted by Gasteiger charge is 2.19. The first-order chi connectivity index (χ1) is 14.1. The van der Waals surface area contributed by atoms with E-state index in [9.17, 15) is 9.90 Å². The minimum Gasteiger partial charge on any atom is -0.389 e. The van der Waals surface area contributed by atoms with Crippen LogP contribution in [0.2, 0.25) is 0 Å². The molecular formula is C23H25N3O2S. The monoisotopic (exact) mass is 407 g/mol. The molecule has 29 heavy (non-hydrogen) atoms. The number of thiophene rings is 1. The van der Waals surface area contributed by atoms with Crippen LogP contribution in [0, 0.1) is 0 Å². The van der Waals surface area contributed by atoms with E-state index in [0.717, 1.165) is 59.0 Å². The first-order valence-electron chi connectivity index (χ1n) is 10.1. The Labute approximate surface area is 175 Å². The molecule has 0 aliphatic carbocycles. The van der Waals surface area contributed by atoms with Gasteiger partial charge in [-0.25, -0.2) is 9.97 Å². The summed E-state index contributed by atoms with van der Waals surface area (Å²) in [7, 11) is 0. The zero-order valence-corrected chi connectivity index (χ0v) is 17.4. The van der Waals surface area contributed by atoms with Crippen molar-refractivity contribution in [2.24, 2.45) is 0 Å². The highest BCUT2D eigenvalue weighted by atomic mass is 32.1. The van der Waals surface area contributed by atoms with E-state index in [1.807, 2.05) is 46.7 Å². The molecule has 0 saturated carbocycles. The number of hydrogen-bond acceptors (Lipinski definition) is 5. The summed E-state index contributed by atoms with van der Waals surface area (Å²) in [4.78, 5) is 24.8. The summed E-state index contributed by atoms with van der Waals surface area (Å²) < 4.78 is 0. The Morgan fingerprint density at radius 1 is 1.17 bits per heavy atom. The van der Waals surface area contributed by atoms with E-state index < -0.39 is 6.10 Å². The molecule has 0 spiro atoms. The molecule has 1 atom stereocenters. The van der Waals surface area contributed by atoms with Crippen molar-refractivity contribution in [3.63, 3.8) is 0 Å². The molecule has 150 valence electrons. The molecule has 0 bridgehead atoms. The summed E-state index contributed by atoms with van der Waals surface area (Å²) in [5.74, 6) is 0.865. The van der Waals surface area contributed by atoms with Crippen LogP contribution in [0.3, 0.4) is 0 Å². The van der Waals surface area contributed by atoms with Crippen molar-refractivity contribution in [1.29, 1.82) is 0 Å². The van der Waals surface area contributed by atoms with Gasteiger partial charge in [-0.1, -0.05) is 24.3 Å². The van der Waals surface area contributed by atoms with Gasteiger partial charge in [-0.2, -0.15) is 0 Å². The molecule has 3 heterocycles. The van der Waals surface area contributed by atoms with E-state index >= 15 is 0 Å². The van der Waals surface area contributed by atoms with Crippen molar-refractivity contribution in [3.8, 4) is 10.6 Å². The normalized spacial score (nSPS) is 15.3. The third-order valence-electron chi connectivity index (χ3n) is 5.27. The van der Waals surface area contributed by atoms with Crippen molar-refractivity contribution in [2.75, 3.05) is 13.1 Å². The quantitative estimate of drug-likeness (QED) is 0.677. The number of aliphatic hydroxyl groups is 1. The number of rotatable bonds is 5. The number of hydrogen-bond donors (Lipinski definition) is 1. The van der Waals surface area contributed by atoms with E-state index in [-0.39, 0.29) is 5.91 Å². The summed E-state index contributed by atoms with van der Waals surface area (Å²) in [5.41, 5.74) is 3.59. The zero-order valence-electron chi connectivity index (χ0n) is 16.5. The summed E-state index contributed by atoms with van der Waals surface area (Å²) in [6.45, 7) is 3.47. The maximum absolute atomic E-state index is 12.7. The van der Waals surface area contributed by atoms with Gasteiger partial charge in [0.05, 0.1) is 22.2 Å². The molecule has 4 rings (SSSR count). The number of carbonyl (C=O) groups is 1. The number of likely N-dealkylation sites (tertiary alicyclic amines) is 1. The van der Waals surface area contributed by atoms with Gasteiger partial charge < -0.3 is 10.0 Å². The lowest BCUT2D eigenvalue weighted by Crippen LogP contribution is -2.35. The van der Waals surface area contributed by atoms with Crippen LogP contribution in [0.4, 0.5) is 0 Å². The highest BCUT2D eigenvalue weighted by molar-refractivity contribution is 7.13. The molecule has 1 aromatic carbocycles. The molecule has 0 radical (unpaired) electrons. The number of carbonyl (C=O) groups excluding carboxylic acids is 1. The number of piperidine rings is 1. The van der Waals surface area contributed by atoms with Crippen LogP contribution >= 0.6 is 11.3 Å². The topological polar surface area (TPSA) is 66.3 Å². The van der Waals surface area contributed by atoms with Gasteiger partial charge in [0.1, 0.15) is 5.82 Å². The zero-order chi connectivity index (χ0) is 20.2. The fourth-order valence-corrected chi connectivity index (χ4v) is 4.43. The minimum absolute atomic E-state index is 0.125. The van der Waals surface area contributed by atoms with Crippen LogP contribution in [0.5, 0.6) is 0 Å². The fourth-order valence-electron chi connectivity index (χ4n) is 3.58. The molecule has 1 fully saturated rings. The average molecular weight is 408 g/mol. The van der Waals surface area contributed by atoms with E-state index in [4.69, 9.17) is 4.98 Å². The Morgan fingerprint density at radius 3 is 2.66 bits per heavy atom. The predicted molar refractivity (Wildman–Crippen MR) is 115 cm³/mol. The molecule has 1 unspecified atom stereocenters. The lowest BCUT2D eigenvalue weighted by atomic mass is 10.1. The maximum atomic E-state index is 12.7. The van der Waals surface area contributed by atoms with Gasteiger partial charge in [0, 0.05) is 31.1 Å².